The molecule has 9 heteroatoms. The molecule has 0 aliphatic carbocycles. The lowest BCUT2D eigenvalue weighted by molar-refractivity contribution is -0.274. The molecule has 0 unspecified atom stereocenters. The molecule has 1 aromatic carbocycles. The highest BCUT2D eigenvalue weighted by Gasteiger charge is 2.36. The maximum Gasteiger partial charge on any atom is 0.573 e. The van der Waals surface area contributed by atoms with Crippen LogP contribution in [0.2, 0.25) is 0 Å². The van der Waals surface area contributed by atoms with Crippen molar-refractivity contribution in [2.24, 2.45) is 5.92 Å². The van der Waals surface area contributed by atoms with E-state index in [2.05, 4.69) is 25.2 Å². The topological polar surface area (TPSA) is 53.0 Å². The number of hydrogen-bond acceptors (Lipinski definition) is 5. The van der Waals surface area contributed by atoms with Gasteiger partial charge in [0.15, 0.2) is 0 Å². The molecule has 32 heavy (non-hydrogen) atoms. The highest BCUT2D eigenvalue weighted by Crippen LogP contribution is 2.47. The molecule has 0 atom stereocenters. The average Bonchev–Trinajstić information content (AvgIpc) is 3.09. The first-order chi connectivity index (χ1) is 15.0. The van der Waals surface area contributed by atoms with Crippen molar-refractivity contribution in [3.8, 4) is 16.2 Å². The second kappa shape index (κ2) is 9.54. The normalized spacial score (nSPS) is 14.4. The van der Waals surface area contributed by atoms with Crippen LogP contribution in [0.5, 0.6) is 5.75 Å². The van der Waals surface area contributed by atoms with Gasteiger partial charge in [0.1, 0.15) is 16.6 Å². The fraction of sp³-hybridized carbons (Fsp3) is 0.435. The molecule has 5 nitrogen and oxygen atoms in total. The van der Waals surface area contributed by atoms with Crippen molar-refractivity contribution in [1.29, 1.82) is 0 Å². The van der Waals surface area contributed by atoms with E-state index in [1.165, 1.54) is 29.5 Å². The molecule has 2 heterocycles. The summed E-state index contributed by atoms with van der Waals surface area (Å²) in [4.78, 5) is 17.6. The quantitative estimate of drug-likeness (QED) is 0.544. The lowest BCUT2D eigenvalue weighted by Crippen LogP contribution is -2.42. The van der Waals surface area contributed by atoms with Gasteiger partial charge in [-0.1, -0.05) is 32.6 Å². The number of ether oxygens (including phenoxy) is 1. The van der Waals surface area contributed by atoms with Crippen LogP contribution in [0.1, 0.15) is 42.6 Å². The van der Waals surface area contributed by atoms with Crippen LogP contribution in [0.15, 0.2) is 36.7 Å². The Kier molecular flexibility index (Phi) is 7.19. The summed E-state index contributed by atoms with van der Waals surface area (Å²) < 4.78 is 42.3. The SMILES string of the molecule is C=C1N(CCCO)C(=O)c2c(sc(-c3cccc(OC(F)(F)F)c3)c2CCC(C)C)N1C. The monoisotopic (exact) mass is 468 g/mol. The van der Waals surface area contributed by atoms with Crippen LogP contribution in [0, 0.1) is 5.92 Å². The summed E-state index contributed by atoms with van der Waals surface area (Å²) in [6.07, 6.45) is -2.93. The number of aliphatic hydroxyl groups is 1. The van der Waals surface area contributed by atoms with E-state index in [9.17, 15) is 23.1 Å². The van der Waals surface area contributed by atoms with Crippen molar-refractivity contribution in [2.45, 2.75) is 39.5 Å². The first-order valence-corrected chi connectivity index (χ1v) is 11.2. The minimum absolute atomic E-state index is 0.0469. The fourth-order valence-electron chi connectivity index (χ4n) is 3.66. The number of benzene rings is 1. The molecule has 0 radical (unpaired) electrons. The number of nitrogens with zero attached hydrogens (tertiary/aromatic N) is 2. The second-order valence-electron chi connectivity index (χ2n) is 8.11. The molecule has 1 N–H and O–H groups in total. The highest BCUT2D eigenvalue weighted by molar-refractivity contribution is 7.20. The van der Waals surface area contributed by atoms with E-state index in [0.717, 1.165) is 21.9 Å². The molecular weight excluding hydrogens is 441 g/mol. The first kappa shape index (κ1) is 24.1. The van der Waals surface area contributed by atoms with Crippen LogP contribution >= 0.6 is 11.3 Å². The predicted octanol–water partition coefficient (Wildman–Crippen LogP) is 5.65. The van der Waals surface area contributed by atoms with Crippen LogP contribution in [0.3, 0.4) is 0 Å². The van der Waals surface area contributed by atoms with Gasteiger partial charge in [0.05, 0.1) is 5.56 Å². The molecular formula is C23H27F3N2O3S. The van der Waals surface area contributed by atoms with E-state index in [4.69, 9.17) is 0 Å². The maximum atomic E-state index is 13.4. The van der Waals surface area contributed by atoms with E-state index < -0.39 is 6.36 Å². The molecule has 0 spiro atoms. The number of carbonyl (C=O) groups excluding carboxylic acids is 1. The van der Waals surface area contributed by atoms with Gasteiger partial charge < -0.3 is 14.7 Å². The zero-order valence-electron chi connectivity index (χ0n) is 18.3. The zero-order valence-corrected chi connectivity index (χ0v) is 19.1. The van der Waals surface area contributed by atoms with Crippen LogP contribution in [0.4, 0.5) is 18.2 Å². The average molecular weight is 469 g/mol. The van der Waals surface area contributed by atoms with Gasteiger partial charge in [0, 0.05) is 25.1 Å². The number of rotatable bonds is 8. The minimum atomic E-state index is -4.78. The molecule has 1 aromatic heterocycles. The van der Waals surface area contributed by atoms with Gasteiger partial charge in [-0.25, -0.2) is 0 Å². The van der Waals surface area contributed by atoms with Gasteiger partial charge >= 0.3 is 6.36 Å². The van der Waals surface area contributed by atoms with Crippen molar-refractivity contribution in [1.82, 2.24) is 4.90 Å². The Bertz CT molecular complexity index is 1000. The summed E-state index contributed by atoms with van der Waals surface area (Å²) in [5, 5.41) is 9.94. The molecule has 0 saturated heterocycles. The summed E-state index contributed by atoms with van der Waals surface area (Å²) >= 11 is 1.37. The number of anilines is 1. The summed E-state index contributed by atoms with van der Waals surface area (Å²) in [6, 6.07) is 5.85. The van der Waals surface area contributed by atoms with Gasteiger partial charge in [-0.3, -0.25) is 9.69 Å². The molecule has 0 bridgehead atoms. The van der Waals surface area contributed by atoms with Crippen LogP contribution in [-0.4, -0.2) is 42.5 Å². The summed E-state index contributed by atoms with van der Waals surface area (Å²) in [7, 11) is 1.81. The van der Waals surface area contributed by atoms with E-state index in [0.29, 0.717) is 42.3 Å². The Morgan fingerprint density at radius 3 is 2.62 bits per heavy atom. The van der Waals surface area contributed by atoms with Crippen molar-refractivity contribution in [3.05, 3.63) is 47.8 Å². The van der Waals surface area contributed by atoms with E-state index in [1.54, 1.807) is 11.0 Å². The van der Waals surface area contributed by atoms with Crippen molar-refractivity contribution >= 4 is 22.2 Å². The highest BCUT2D eigenvalue weighted by atomic mass is 32.1. The first-order valence-electron chi connectivity index (χ1n) is 10.4. The fourth-order valence-corrected chi connectivity index (χ4v) is 4.98. The number of thiophene rings is 1. The molecule has 1 aliphatic rings. The number of aliphatic hydroxyl groups excluding tert-OH is 1. The number of halogens is 3. The third-order valence-electron chi connectivity index (χ3n) is 5.29. The lowest BCUT2D eigenvalue weighted by Gasteiger charge is -2.36. The number of amides is 1. The summed E-state index contributed by atoms with van der Waals surface area (Å²) in [5.41, 5.74) is 1.94. The van der Waals surface area contributed by atoms with Gasteiger partial charge in [-0.15, -0.1) is 24.5 Å². The molecule has 1 amide bonds. The van der Waals surface area contributed by atoms with Crippen molar-refractivity contribution < 1.29 is 27.8 Å². The third kappa shape index (κ3) is 5.10. The van der Waals surface area contributed by atoms with Crippen LogP contribution < -0.4 is 9.64 Å². The smallest absolute Gasteiger partial charge is 0.406 e. The van der Waals surface area contributed by atoms with Gasteiger partial charge in [-0.2, -0.15) is 0 Å². The van der Waals surface area contributed by atoms with Gasteiger partial charge in [-0.05, 0) is 48.4 Å². The molecule has 2 aromatic rings. The Morgan fingerprint density at radius 1 is 1.28 bits per heavy atom. The summed E-state index contributed by atoms with van der Waals surface area (Å²) in [6.45, 7) is 8.48. The van der Waals surface area contributed by atoms with Crippen molar-refractivity contribution in [3.63, 3.8) is 0 Å². The number of alkyl halides is 3. The molecule has 1 aliphatic heterocycles. The molecule has 3 rings (SSSR count). The minimum Gasteiger partial charge on any atom is -0.406 e. The van der Waals surface area contributed by atoms with Gasteiger partial charge in [0.2, 0.25) is 0 Å². The van der Waals surface area contributed by atoms with E-state index in [1.807, 2.05) is 11.9 Å². The lowest BCUT2D eigenvalue weighted by atomic mass is 9.95. The summed E-state index contributed by atoms with van der Waals surface area (Å²) in [5.74, 6) is 0.397. The van der Waals surface area contributed by atoms with E-state index in [-0.39, 0.29) is 18.3 Å². The van der Waals surface area contributed by atoms with Crippen LogP contribution in [0.25, 0.3) is 10.4 Å². The zero-order chi connectivity index (χ0) is 23.6. The largest absolute Gasteiger partial charge is 0.573 e. The second-order valence-corrected chi connectivity index (χ2v) is 9.11. The maximum absolute atomic E-state index is 13.4. The van der Waals surface area contributed by atoms with Gasteiger partial charge in [0.25, 0.3) is 5.91 Å². The number of hydrogen-bond donors (Lipinski definition) is 1. The predicted molar refractivity (Wildman–Crippen MR) is 120 cm³/mol. The molecule has 174 valence electrons. The van der Waals surface area contributed by atoms with Crippen LogP contribution in [-0.2, 0) is 6.42 Å². The van der Waals surface area contributed by atoms with Crippen molar-refractivity contribution in [2.75, 3.05) is 25.1 Å². The van der Waals surface area contributed by atoms with E-state index >= 15 is 0 Å². The molecule has 0 saturated carbocycles. The Balaban J connectivity index is 2.12. The Morgan fingerprint density at radius 2 is 2.00 bits per heavy atom. The number of fused-ring (bicyclic) bond motifs is 1. The standard InChI is InChI=1S/C23H27F3N2O3S/c1-14(2)9-10-18-19-21(30)28(11-6-12-29)15(3)27(4)22(19)32-20(18)16-7-5-8-17(13-16)31-23(24,25)26/h5,7-8,13-14,29H,3,6,9-12H2,1-2,4H3. The Hall–Kier alpha value is -2.52. The Labute approximate surface area is 189 Å². The number of carbonyl (C=O) groups is 1. The molecule has 0 fully saturated rings. The third-order valence-corrected chi connectivity index (χ3v) is 6.65.